The lowest BCUT2D eigenvalue weighted by molar-refractivity contribution is 0.102. The van der Waals surface area contributed by atoms with Crippen molar-refractivity contribution in [1.29, 1.82) is 0 Å². The summed E-state index contributed by atoms with van der Waals surface area (Å²) in [6, 6.07) is 15.8. The number of H-pyrrole nitrogens is 1. The van der Waals surface area contributed by atoms with Gasteiger partial charge in [-0.25, -0.2) is 4.98 Å². The van der Waals surface area contributed by atoms with Gasteiger partial charge in [0.15, 0.2) is 0 Å². The molecule has 4 aromatic rings. The van der Waals surface area contributed by atoms with Gasteiger partial charge in [-0.1, -0.05) is 6.07 Å². The number of nitrogens with one attached hydrogen (secondary N) is 2. The molecule has 2 aromatic carbocycles. The topological polar surface area (TPSA) is 84.1 Å². The van der Waals surface area contributed by atoms with E-state index in [9.17, 15) is 9.59 Å². The molecule has 0 fully saturated rings. The average molecular weight is 345 g/mol. The van der Waals surface area contributed by atoms with E-state index in [-0.39, 0.29) is 11.5 Å². The number of carbonyl (C=O) groups is 1. The molecule has 0 aliphatic carbocycles. The normalized spacial score (nSPS) is 10.8. The Hall–Kier alpha value is -3.67. The van der Waals surface area contributed by atoms with Crippen LogP contribution in [0.1, 0.15) is 10.4 Å². The molecule has 0 saturated heterocycles. The number of carbonyl (C=O) groups excluding carboxylic acids is 1. The largest absolute Gasteiger partial charge is 0.497 e. The van der Waals surface area contributed by atoms with Gasteiger partial charge in [-0.3, -0.25) is 9.59 Å². The summed E-state index contributed by atoms with van der Waals surface area (Å²) in [7, 11) is 1.55. The second-order valence-electron chi connectivity index (χ2n) is 5.80. The highest BCUT2D eigenvalue weighted by molar-refractivity contribution is 6.08. The van der Waals surface area contributed by atoms with E-state index in [2.05, 4.69) is 15.3 Å². The molecule has 0 bridgehead atoms. The fourth-order valence-electron chi connectivity index (χ4n) is 2.91. The lowest BCUT2D eigenvalue weighted by atomic mass is 10.1. The Morgan fingerprint density at radius 2 is 1.92 bits per heavy atom. The number of fused-ring (bicyclic) bond motifs is 3. The first kappa shape index (κ1) is 15.8. The number of pyridine rings is 2. The second kappa shape index (κ2) is 6.33. The molecule has 128 valence electrons. The molecular formula is C20H15N3O3. The van der Waals surface area contributed by atoms with Crippen LogP contribution in [0.3, 0.4) is 0 Å². The lowest BCUT2D eigenvalue weighted by Gasteiger charge is -2.09. The van der Waals surface area contributed by atoms with Gasteiger partial charge in [0.05, 0.1) is 7.11 Å². The highest BCUT2D eigenvalue weighted by Crippen LogP contribution is 2.24. The zero-order chi connectivity index (χ0) is 18.1. The van der Waals surface area contributed by atoms with Crippen LogP contribution in [0.2, 0.25) is 0 Å². The van der Waals surface area contributed by atoms with Crippen LogP contribution in [0.25, 0.3) is 21.8 Å². The van der Waals surface area contributed by atoms with Gasteiger partial charge in [-0.2, -0.15) is 0 Å². The molecule has 2 N–H and O–H groups in total. The van der Waals surface area contributed by atoms with E-state index in [1.807, 2.05) is 12.1 Å². The van der Waals surface area contributed by atoms with Gasteiger partial charge in [-0.05, 0) is 48.5 Å². The highest BCUT2D eigenvalue weighted by atomic mass is 16.5. The summed E-state index contributed by atoms with van der Waals surface area (Å²) in [5, 5.41) is 4.96. The number of hydrogen-bond donors (Lipinski definition) is 2. The third-order valence-electron chi connectivity index (χ3n) is 4.18. The number of aromatic amines is 1. The van der Waals surface area contributed by atoms with E-state index in [1.165, 1.54) is 0 Å². The van der Waals surface area contributed by atoms with Gasteiger partial charge in [0.25, 0.3) is 11.5 Å². The molecule has 1 amide bonds. The number of ether oxygens (including phenoxy) is 1. The third-order valence-corrected chi connectivity index (χ3v) is 4.18. The van der Waals surface area contributed by atoms with Crippen molar-refractivity contribution in [2.75, 3.05) is 12.4 Å². The van der Waals surface area contributed by atoms with Crippen molar-refractivity contribution < 1.29 is 9.53 Å². The maximum absolute atomic E-state index is 12.5. The molecule has 2 heterocycles. The van der Waals surface area contributed by atoms with E-state index in [0.29, 0.717) is 28.0 Å². The average Bonchev–Trinajstić information content (AvgIpc) is 2.68. The molecule has 0 atom stereocenters. The third kappa shape index (κ3) is 2.77. The molecular weight excluding hydrogens is 330 g/mol. The summed E-state index contributed by atoms with van der Waals surface area (Å²) in [5.74, 6) is 0.357. The zero-order valence-corrected chi connectivity index (χ0v) is 13.9. The van der Waals surface area contributed by atoms with Crippen LogP contribution >= 0.6 is 0 Å². The van der Waals surface area contributed by atoms with Gasteiger partial charge in [0.1, 0.15) is 11.4 Å². The number of methoxy groups -OCH3 is 1. The van der Waals surface area contributed by atoms with Gasteiger partial charge in [0, 0.05) is 33.6 Å². The Labute approximate surface area is 148 Å². The highest BCUT2D eigenvalue weighted by Gasteiger charge is 2.10. The summed E-state index contributed by atoms with van der Waals surface area (Å²) >= 11 is 0. The number of benzene rings is 2. The van der Waals surface area contributed by atoms with Crippen LogP contribution in [0.4, 0.5) is 5.69 Å². The van der Waals surface area contributed by atoms with Crippen molar-refractivity contribution in [2.24, 2.45) is 0 Å². The predicted molar refractivity (Wildman–Crippen MR) is 101 cm³/mol. The van der Waals surface area contributed by atoms with Crippen LogP contribution < -0.4 is 15.6 Å². The van der Waals surface area contributed by atoms with Crippen molar-refractivity contribution >= 4 is 33.4 Å². The molecule has 6 heteroatoms. The minimum absolute atomic E-state index is 0.211. The number of anilines is 1. The minimum Gasteiger partial charge on any atom is -0.497 e. The van der Waals surface area contributed by atoms with Gasteiger partial charge < -0.3 is 15.0 Å². The second-order valence-corrected chi connectivity index (χ2v) is 5.80. The number of hydrogen-bond acceptors (Lipinski definition) is 4. The molecule has 2 aromatic heterocycles. The SMILES string of the molecule is COc1cccc(C(=O)Nc2ccc3c(=O)[nH]c4ncccc4c3c2)c1. The standard InChI is InChI=1S/C20H15N3O3/c1-26-14-5-2-4-12(10-14)19(24)22-13-7-8-16-17(11-13)15-6-3-9-21-18(15)23-20(16)25/h2-11H,1H3,(H,22,24)(H,21,23,25). The molecule has 0 aliphatic rings. The zero-order valence-electron chi connectivity index (χ0n) is 13.9. The van der Waals surface area contributed by atoms with Gasteiger partial charge >= 0.3 is 0 Å². The molecule has 0 unspecified atom stereocenters. The maximum Gasteiger partial charge on any atom is 0.257 e. The molecule has 4 rings (SSSR count). The van der Waals surface area contributed by atoms with E-state index in [4.69, 9.17) is 4.74 Å². The molecule has 0 aliphatic heterocycles. The van der Waals surface area contributed by atoms with Crippen molar-refractivity contribution in [1.82, 2.24) is 9.97 Å². The van der Waals surface area contributed by atoms with E-state index >= 15 is 0 Å². The molecule has 6 nitrogen and oxygen atoms in total. The number of rotatable bonds is 3. The van der Waals surface area contributed by atoms with Crippen LogP contribution in [-0.4, -0.2) is 23.0 Å². The number of nitrogens with zero attached hydrogens (tertiary/aromatic N) is 1. The minimum atomic E-state index is -0.254. The Balaban J connectivity index is 1.76. The number of aromatic nitrogens is 2. The summed E-state index contributed by atoms with van der Waals surface area (Å²) < 4.78 is 5.15. The first-order valence-corrected chi connectivity index (χ1v) is 8.02. The Bertz CT molecular complexity index is 1200. The summed E-state index contributed by atoms with van der Waals surface area (Å²) in [5.41, 5.74) is 1.39. The Morgan fingerprint density at radius 1 is 1.04 bits per heavy atom. The van der Waals surface area contributed by atoms with Gasteiger partial charge in [0.2, 0.25) is 0 Å². The van der Waals surface area contributed by atoms with Crippen LogP contribution in [0.5, 0.6) is 5.75 Å². The summed E-state index contributed by atoms with van der Waals surface area (Å²) in [6.07, 6.45) is 1.62. The van der Waals surface area contributed by atoms with Crippen LogP contribution in [0.15, 0.2) is 65.6 Å². The van der Waals surface area contributed by atoms with E-state index < -0.39 is 0 Å². The smallest absolute Gasteiger partial charge is 0.257 e. The van der Waals surface area contributed by atoms with Crippen molar-refractivity contribution in [3.8, 4) is 5.75 Å². The molecule has 0 spiro atoms. The molecule has 26 heavy (non-hydrogen) atoms. The Morgan fingerprint density at radius 3 is 2.77 bits per heavy atom. The van der Waals surface area contributed by atoms with Crippen LogP contribution in [-0.2, 0) is 0 Å². The van der Waals surface area contributed by atoms with E-state index in [0.717, 1.165) is 10.8 Å². The van der Waals surface area contributed by atoms with Gasteiger partial charge in [-0.15, -0.1) is 0 Å². The molecule has 0 radical (unpaired) electrons. The quantitative estimate of drug-likeness (QED) is 0.558. The monoisotopic (exact) mass is 345 g/mol. The first-order chi connectivity index (χ1) is 12.7. The fraction of sp³-hybridized carbons (Fsp3) is 0.0500. The summed E-state index contributed by atoms with van der Waals surface area (Å²) in [4.78, 5) is 31.7. The Kier molecular flexibility index (Phi) is 3.85. The van der Waals surface area contributed by atoms with Crippen LogP contribution in [0, 0.1) is 0 Å². The fourth-order valence-corrected chi connectivity index (χ4v) is 2.91. The molecule has 0 saturated carbocycles. The first-order valence-electron chi connectivity index (χ1n) is 8.02. The van der Waals surface area contributed by atoms with Crippen molar-refractivity contribution in [3.05, 3.63) is 76.7 Å². The lowest BCUT2D eigenvalue weighted by Crippen LogP contribution is -2.12. The van der Waals surface area contributed by atoms with Crippen molar-refractivity contribution in [2.45, 2.75) is 0 Å². The summed E-state index contributed by atoms with van der Waals surface area (Å²) in [6.45, 7) is 0. The predicted octanol–water partition coefficient (Wildman–Crippen LogP) is 3.34. The van der Waals surface area contributed by atoms with Crippen molar-refractivity contribution in [3.63, 3.8) is 0 Å². The van der Waals surface area contributed by atoms with E-state index in [1.54, 1.807) is 55.8 Å². The number of amides is 1. The maximum atomic E-state index is 12.5.